The summed E-state index contributed by atoms with van der Waals surface area (Å²) in [6.07, 6.45) is 1.49. The van der Waals surface area contributed by atoms with Gasteiger partial charge in [0.1, 0.15) is 11.8 Å². The van der Waals surface area contributed by atoms with Crippen LogP contribution in [-0.2, 0) is 9.53 Å². The number of hydrazine groups is 1. The van der Waals surface area contributed by atoms with Crippen molar-refractivity contribution in [3.63, 3.8) is 0 Å². The average molecular weight is 598 g/mol. The quantitative estimate of drug-likeness (QED) is 0.469. The molecule has 3 amide bonds. The number of ether oxygens (including phenoxy) is 1. The predicted molar refractivity (Wildman–Crippen MR) is 162 cm³/mol. The summed E-state index contributed by atoms with van der Waals surface area (Å²) in [5, 5.41) is 18.6. The molecule has 4 fully saturated rings. The minimum absolute atomic E-state index is 0.0245. The number of benzene rings is 1. The number of nitrogens with zero attached hydrogens (tertiary/aromatic N) is 4. The van der Waals surface area contributed by atoms with Crippen LogP contribution >= 0.6 is 11.8 Å². The van der Waals surface area contributed by atoms with Crippen LogP contribution in [0.4, 0.5) is 10.5 Å². The molecular formula is C30H43N7O4S. The Morgan fingerprint density at radius 3 is 2.52 bits per heavy atom. The molecule has 5 rings (SSSR count). The molecule has 1 aromatic carbocycles. The fourth-order valence-corrected chi connectivity index (χ4v) is 7.51. The van der Waals surface area contributed by atoms with E-state index in [4.69, 9.17) is 4.74 Å². The molecule has 4 aliphatic heterocycles. The number of rotatable bonds is 5. The van der Waals surface area contributed by atoms with Crippen LogP contribution in [0.15, 0.2) is 18.2 Å². The molecule has 4 saturated heterocycles. The van der Waals surface area contributed by atoms with Crippen molar-refractivity contribution < 1.29 is 19.1 Å². The van der Waals surface area contributed by atoms with Crippen molar-refractivity contribution in [3.05, 3.63) is 29.3 Å². The molecule has 228 valence electrons. The summed E-state index contributed by atoms with van der Waals surface area (Å²) in [5.41, 5.74) is 4.91. The number of aryl methyl sites for hydroxylation is 1. The van der Waals surface area contributed by atoms with Crippen molar-refractivity contribution in [1.82, 2.24) is 25.6 Å². The van der Waals surface area contributed by atoms with Gasteiger partial charge in [-0.2, -0.15) is 17.0 Å². The largest absolute Gasteiger partial charge is 0.444 e. The summed E-state index contributed by atoms with van der Waals surface area (Å²) in [6, 6.07) is 8.03. The van der Waals surface area contributed by atoms with E-state index >= 15 is 0 Å². The van der Waals surface area contributed by atoms with Crippen LogP contribution in [-0.4, -0.2) is 100 Å². The smallest absolute Gasteiger partial charge is 0.410 e. The zero-order chi connectivity index (χ0) is 30.1. The molecule has 0 saturated carbocycles. The lowest BCUT2D eigenvalue weighted by Crippen LogP contribution is -2.62. The van der Waals surface area contributed by atoms with E-state index in [-0.39, 0.29) is 36.3 Å². The van der Waals surface area contributed by atoms with Crippen LogP contribution in [0.5, 0.6) is 0 Å². The molecule has 0 spiro atoms. The summed E-state index contributed by atoms with van der Waals surface area (Å²) in [6.45, 7) is 10.6. The topological polar surface area (TPSA) is 130 Å². The van der Waals surface area contributed by atoms with Gasteiger partial charge in [0, 0.05) is 61.5 Å². The molecule has 4 heterocycles. The molecule has 42 heavy (non-hydrogen) atoms. The molecule has 0 bridgehead atoms. The minimum Gasteiger partial charge on any atom is -0.444 e. The molecule has 4 aliphatic rings. The first-order valence-electron chi connectivity index (χ1n) is 14.9. The van der Waals surface area contributed by atoms with Gasteiger partial charge in [-0.25, -0.2) is 15.2 Å². The first-order valence-corrected chi connectivity index (χ1v) is 16.1. The van der Waals surface area contributed by atoms with E-state index in [0.717, 1.165) is 42.3 Å². The van der Waals surface area contributed by atoms with Crippen molar-refractivity contribution in [2.75, 3.05) is 49.5 Å². The van der Waals surface area contributed by atoms with E-state index in [0.29, 0.717) is 38.0 Å². The van der Waals surface area contributed by atoms with Gasteiger partial charge in [-0.05, 0) is 70.7 Å². The molecule has 0 aliphatic carbocycles. The van der Waals surface area contributed by atoms with Crippen molar-refractivity contribution in [2.45, 2.75) is 76.7 Å². The van der Waals surface area contributed by atoms with Gasteiger partial charge in [0.05, 0.1) is 23.9 Å². The predicted octanol–water partition coefficient (Wildman–Crippen LogP) is 2.93. The number of carbonyl (C=O) groups is 3. The molecule has 3 N–H and O–H groups in total. The fraction of sp³-hybridized carbons (Fsp3) is 0.667. The Morgan fingerprint density at radius 1 is 1.17 bits per heavy atom. The fourth-order valence-electron chi connectivity index (χ4n) is 6.61. The third-order valence-corrected chi connectivity index (χ3v) is 9.71. The second-order valence-corrected chi connectivity index (χ2v) is 14.0. The van der Waals surface area contributed by atoms with E-state index < -0.39 is 17.3 Å². The average Bonchev–Trinajstić information content (AvgIpc) is 3.33. The van der Waals surface area contributed by atoms with Crippen LogP contribution in [0, 0.1) is 24.2 Å². The number of hydrogen-bond donors (Lipinski definition) is 3. The summed E-state index contributed by atoms with van der Waals surface area (Å²) in [4.78, 5) is 42.7. The number of amides is 3. The van der Waals surface area contributed by atoms with Gasteiger partial charge in [-0.3, -0.25) is 9.59 Å². The third kappa shape index (κ3) is 6.33. The molecular weight excluding hydrogens is 554 g/mol. The van der Waals surface area contributed by atoms with Crippen LogP contribution in [0.25, 0.3) is 0 Å². The molecule has 3 unspecified atom stereocenters. The van der Waals surface area contributed by atoms with Gasteiger partial charge in [-0.15, -0.1) is 0 Å². The zero-order valence-electron chi connectivity index (χ0n) is 25.1. The first-order chi connectivity index (χ1) is 20.0. The van der Waals surface area contributed by atoms with Gasteiger partial charge in [0.15, 0.2) is 0 Å². The molecule has 12 heteroatoms. The maximum absolute atomic E-state index is 13.2. The lowest BCUT2D eigenvalue weighted by Gasteiger charge is -2.48. The highest BCUT2D eigenvalue weighted by Crippen LogP contribution is 2.40. The molecule has 11 nitrogen and oxygen atoms in total. The number of carbonyl (C=O) groups excluding carboxylic acids is 3. The second kappa shape index (κ2) is 12.3. The number of anilines is 1. The third-order valence-electron chi connectivity index (χ3n) is 8.77. The summed E-state index contributed by atoms with van der Waals surface area (Å²) in [7, 11) is 0. The number of hydrogen-bond acceptors (Lipinski definition) is 9. The van der Waals surface area contributed by atoms with Crippen molar-refractivity contribution >= 4 is 35.4 Å². The van der Waals surface area contributed by atoms with Crippen molar-refractivity contribution in [2.24, 2.45) is 5.92 Å². The number of fused-ring (bicyclic) bond motifs is 1. The minimum atomic E-state index is -0.576. The van der Waals surface area contributed by atoms with Crippen LogP contribution in [0.1, 0.15) is 62.4 Å². The van der Waals surface area contributed by atoms with Crippen LogP contribution in [0.3, 0.4) is 0 Å². The van der Waals surface area contributed by atoms with Crippen LogP contribution in [0.2, 0.25) is 0 Å². The van der Waals surface area contributed by atoms with Gasteiger partial charge in [-0.1, -0.05) is 0 Å². The normalized spacial score (nSPS) is 26.2. The Hall–Kier alpha value is -3.01. The molecule has 0 aromatic heterocycles. The second-order valence-electron chi connectivity index (χ2n) is 12.8. The Kier molecular flexibility index (Phi) is 8.92. The van der Waals surface area contributed by atoms with E-state index in [2.05, 4.69) is 27.1 Å². The Morgan fingerprint density at radius 2 is 1.88 bits per heavy atom. The highest BCUT2D eigenvalue weighted by molar-refractivity contribution is 7.99. The van der Waals surface area contributed by atoms with E-state index in [9.17, 15) is 19.6 Å². The number of piperidine rings is 2. The summed E-state index contributed by atoms with van der Waals surface area (Å²) < 4.78 is 5.59. The monoisotopic (exact) mass is 597 g/mol. The number of likely N-dealkylation sites (tertiary alicyclic amines) is 1. The van der Waals surface area contributed by atoms with Crippen LogP contribution < -0.4 is 16.1 Å². The maximum atomic E-state index is 13.2. The highest BCUT2D eigenvalue weighted by atomic mass is 32.2. The molecule has 1 aromatic rings. The Balaban J connectivity index is 1.33. The zero-order valence-corrected chi connectivity index (χ0v) is 25.9. The Bertz CT molecular complexity index is 1230. The van der Waals surface area contributed by atoms with E-state index in [1.165, 1.54) is 0 Å². The lowest BCUT2D eigenvalue weighted by atomic mass is 9.81. The molecule has 3 atom stereocenters. The van der Waals surface area contributed by atoms with Gasteiger partial charge >= 0.3 is 6.09 Å². The van der Waals surface area contributed by atoms with E-state index in [1.807, 2.05) is 62.6 Å². The lowest BCUT2D eigenvalue weighted by molar-refractivity contribution is -0.128. The maximum Gasteiger partial charge on any atom is 0.410 e. The highest BCUT2D eigenvalue weighted by Gasteiger charge is 2.55. The standard InChI is InChI=1S/C30H43N7O4S/c1-20-19-21(5-6-22(20)27(39)35-15-17-42-18-16-35)33-25-24-23(7-12-32-26(24)38)37(34-25)30(8-11-31)9-13-36(14-10-30)28(40)41-29(2,3)4/h5-6,19,23-25,33-34H,7-10,12-18H2,1-4H3,(H,32,38). The van der Waals surface area contributed by atoms with Crippen molar-refractivity contribution in [1.29, 1.82) is 5.26 Å². The van der Waals surface area contributed by atoms with Gasteiger partial charge < -0.3 is 25.2 Å². The van der Waals surface area contributed by atoms with Gasteiger partial charge in [0.25, 0.3) is 5.91 Å². The van der Waals surface area contributed by atoms with Gasteiger partial charge in [0.2, 0.25) is 5.91 Å². The molecule has 0 radical (unpaired) electrons. The number of thioether (sulfide) groups is 1. The van der Waals surface area contributed by atoms with Crippen molar-refractivity contribution in [3.8, 4) is 6.07 Å². The first kappa shape index (κ1) is 30.4. The number of nitrogens with one attached hydrogen (secondary N) is 3. The van der Waals surface area contributed by atoms with E-state index in [1.54, 1.807) is 4.90 Å². The Labute approximate surface area is 252 Å². The number of nitriles is 1. The summed E-state index contributed by atoms with van der Waals surface area (Å²) >= 11 is 1.87. The SMILES string of the molecule is Cc1cc(NC2NN(C3(CC#N)CCN(C(=O)OC(C)(C)C)CC3)C3CCNC(=O)C23)ccc1C(=O)N1CCSCC1. The summed E-state index contributed by atoms with van der Waals surface area (Å²) in [5.74, 6) is 1.60.